The van der Waals surface area contributed by atoms with Crippen molar-refractivity contribution in [2.75, 3.05) is 0 Å². The zero-order valence-corrected chi connectivity index (χ0v) is 8.92. The Morgan fingerprint density at radius 1 is 1.12 bits per heavy atom. The predicted octanol–water partition coefficient (Wildman–Crippen LogP) is 2.11. The number of para-hydroxylation sites is 1. The maximum atomic E-state index is 11.9. The summed E-state index contributed by atoms with van der Waals surface area (Å²) >= 11 is 0. The lowest BCUT2D eigenvalue weighted by Gasteiger charge is -2.17. The van der Waals surface area contributed by atoms with Crippen LogP contribution >= 0.6 is 0 Å². The van der Waals surface area contributed by atoms with E-state index in [4.69, 9.17) is 0 Å². The smallest absolute Gasteiger partial charge is 0.251 e. The number of fused-ring (bicyclic) bond motifs is 3. The Hall–Kier alpha value is -1.77. The molecule has 1 aliphatic carbocycles. The van der Waals surface area contributed by atoms with Crippen LogP contribution in [0.4, 0.5) is 0 Å². The molecule has 3 nitrogen and oxygen atoms in total. The molecule has 0 saturated heterocycles. The number of rotatable bonds is 0. The van der Waals surface area contributed by atoms with Crippen molar-refractivity contribution in [3.05, 3.63) is 39.7 Å². The zero-order valence-electron chi connectivity index (χ0n) is 8.92. The third-order valence-corrected chi connectivity index (χ3v) is 3.35. The fourth-order valence-electron chi connectivity index (χ4n) is 2.57. The summed E-state index contributed by atoms with van der Waals surface area (Å²) < 4.78 is 0. The summed E-state index contributed by atoms with van der Waals surface area (Å²) in [6.45, 7) is 0. The molecule has 1 heterocycles. The van der Waals surface area contributed by atoms with Crippen molar-refractivity contribution in [3.63, 3.8) is 0 Å². The third kappa shape index (κ3) is 1.24. The zero-order chi connectivity index (χ0) is 11.1. The van der Waals surface area contributed by atoms with Gasteiger partial charge in [-0.3, -0.25) is 4.79 Å². The second kappa shape index (κ2) is 3.37. The lowest BCUT2D eigenvalue weighted by molar-refractivity contribution is 0.480. The number of aryl methyl sites for hydroxylation is 1. The van der Waals surface area contributed by atoms with Crippen LogP contribution in [0.2, 0.25) is 0 Å². The Morgan fingerprint density at radius 3 is 2.69 bits per heavy atom. The van der Waals surface area contributed by atoms with Crippen molar-refractivity contribution < 1.29 is 5.11 Å². The number of pyridine rings is 1. The van der Waals surface area contributed by atoms with E-state index in [0.717, 1.165) is 42.2 Å². The van der Waals surface area contributed by atoms with Gasteiger partial charge in [0.2, 0.25) is 0 Å². The van der Waals surface area contributed by atoms with Gasteiger partial charge in [0.15, 0.2) is 0 Å². The van der Waals surface area contributed by atoms with Crippen molar-refractivity contribution in [1.82, 2.24) is 4.98 Å². The molecule has 0 radical (unpaired) electrons. The van der Waals surface area contributed by atoms with Crippen LogP contribution in [-0.4, -0.2) is 10.1 Å². The van der Waals surface area contributed by atoms with Crippen LogP contribution in [0.1, 0.15) is 24.0 Å². The topological polar surface area (TPSA) is 53.1 Å². The molecule has 1 aromatic carbocycles. The van der Waals surface area contributed by atoms with Crippen molar-refractivity contribution >= 4 is 10.9 Å². The molecular weight excluding hydrogens is 202 g/mol. The van der Waals surface area contributed by atoms with Crippen molar-refractivity contribution in [1.29, 1.82) is 0 Å². The number of hydrogen-bond acceptors (Lipinski definition) is 2. The lowest BCUT2D eigenvalue weighted by atomic mass is 9.90. The highest BCUT2D eigenvalue weighted by molar-refractivity contribution is 5.87. The van der Waals surface area contributed by atoms with E-state index in [1.54, 1.807) is 6.07 Å². The summed E-state index contributed by atoms with van der Waals surface area (Å²) in [5.74, 6) is 0.156. The summed E-state index contributed by atoms with van der Waals surface area (Å²) in [6.07, 6.45) is 4.01. The van der Waals surface area contributed by atoms with E-state index >= 15 is 0 Å². The van der Waals surface area contributed by atoms with Gasteiger partial charge in [0, 0.05) is 10.9 Å². The number of hydrogen-bond donors (Lipinski definition) is 2. The van der Waals surface area contributed by atoms with Crippen LogP contribution in [0.15, 0.2) is 23.0 Å². The second-order valence-corrected chi connectivity index (χ2v) is 4.32. The maximum absolute atomic E-state index is 11.9. The fraction of sp³-hybridized carbons (Fsp3) is 0.308. The van der Waals surface area contributed by atoms with Crippen LogP contribution < -0.4 is 5.56 Å². The molecule has 16 heavy (non-hydrogen) atoms. The molecular formula is C13H13NO2. The first-order valence-electron chi connectivity index (χ1n) is 5.63. The predicted molar refractivity (Wildman–Crippen MR) is 62.9 cm³/mol. The standard InChI is InChI=1S/C13H13NO2/c15-11-7-3-6-9-8-4-1-2-5-10(8)13(16)14-12(9)11/h3,6-7,15H,1-2,4-5H2,(H,14,16). The van der Waals surface area contributed by atoms with Gasteiger partial charge in [0.1, 0.15) is 5.75 Å². The number of aromatic amines is 1. The molecule has 3 heteroatoms. The van der Waals surface area contributed by atoms with Gasteiger partial charge in [-0.2, -0.15) is 0 Å². The third-order valence-electron chi connectivity index (χ3n) is 3.35. The van der Waals surface area contributed by atoms with Gasteiger partial charge in [-0.05, 0) is 37.3 Å². The monoisotopic (exact) mass is 215 g/mol. The van der Waals surface area contributed by atoms with Gasteiger partial charge in [-0.15, -0.1) is 0 Å². The van der Waals surface area contributed by atoms with Crippen LogP contribution in [0, 0.1) is 0 Å². The summed E-state index contributed by atoms with van der Waals surface area (Å²) in [5, 5.41) is 10.7. The molecule has 0 amide bonds. The number of aromatic nitrogens is 1. The molecule has 0 bridgehead atoms. The van der Waals surface area contributed by atoms with Gasteiger partial charge in [-0.1, -0.05) is 12.1 Å². The van der Waals surface area contributed by atoms with E-state index in [0.29, 0.717) is 5.52 Å². The first-order valence-corrected chi connectivity index (χ1v) is 5.63. The molecule has 82 valence electrons. The van der Waals surface area contributed by atoms with E-state index in [1.165, 1.54) is 0 Å². The average molecular weight is 215 g/mol. The number of phenolic OH excluding ortho intramolecular Hbond substituents is 1. The highest BCUT2D eigenvalue weighted by Crippen LogP contribution is 2.29. The minimum absolute atomic E-state index is 0.0382. The van der Waals surface area contributed by atoms with E-state index in [-0.39, 0.29) is 11.3 Å². The molecule has 2 N–H and O–H groups in total. The van der Waals surface area contributed by atoms with Gasteiger partial charge in [0.25, 0.3) is 5.56 Å². The van der Waals surface area contributed by atoms with E-state index in [1.807, 2.05) is 12.1 Å². The Balaban J connectivity index is 2.47. The second-order valence-electron chi connectivity index (χ2n) is 4.32. The summed E-state index contributed by atoms with van der Waals surface area (Å²) in [6, 6.07) is 5.40. The molecule has 1 aromatic heterocycles. The molecule has 1 aliphatic rings. The largest absolute Gasteiger partial charge is 0.506 e. The molecule has 0 atom stereocenters. The number of aromatic hydroxyl groups is 1. The first kappa shape index (κ1) is 9.46. The van der Waals surface area contributed by atoms with Gasteiger partial charge in [-0.25, -0.2) is 0 Å². The molecule has 0 spiro atoms. The summed E-state index contributed by atoms with van der Waals surface area (Å²) in [7, 11) is 0. The lowest BCUT2D eigenvalue weighted by Crippen LogP contribution is -2.19. The van der Waals surface area contributed by atoms with Crippen molar-refractivity contribution in [2.45, 2.75) is 25.7 Å². The highest BCUT2D eigenvalue weighted by atomic mass is 16.3. The van der Waals surface area contributed by atoms with Crippen LogP contribution in [0.25, 0.3) is 10.9 Å². The number of benzene rings is 1. The number of phenols is 1. The minimum atomic E-state index is -0.0382. The Morgan fingerprint density at radius 2 is 1.88 bits per heavy atom. The Kier molecular flexibility index (Phi) is 1.99. The Labute approximate surface area is 92.7 Å². The highest BCUT2D eigenvalue weighted by Gasteiger charge is 2.16. The summed E-state index contributed by atoms with van der Waals surface area (Å²) in [4.78, 5) is 14.6. The molecule has 2 aromatic rings. The van der Waals surface area contributed by atoms with Gasteiger partial charge < -0.3 is 10.1 Å². The molecule has 0 unspecified atom stereocenters. The quantitative estimate of drug-likeness (QED) is 0.707. The summed E-state index contributed by atoms with van der Waals surface area (Å²) in [5.41, 5.74) is 2.57. The first-order chi connectivity index (χ1) is 7.77. The van der Waals surface area contributed by atoms with Crippen molar-refractivity contribution in [3.8, 4) is 5.75 Å². The molecule has 0 aliphatic heterocycles. The SMILES string of the molecule is O=c1[nH]c2c(O)cccc2c2c1CCCC2. The molecule has 0 saturated carbocycles. The number of nitrogens with one attached hydrogen (secondary N) is 1. The average Bonchev–Trinajstić information content (AvgIpc) is 2.31. The van der Waals surface area contributed by atoms with Gasteiger partial charge in [0.05, 0.1) is 5.52 Å². The van der Waals surface area contributed by atoms with Crippen LogP contribution in [0.3, 0.4) is 0 Å². The van der Waals surface area contributed by atoms with E-state index in [2.05, 4.69) is 4.98 Å². The van der Waals surface area contributed by atoms with Crippen LogP contribution in [0.5, 0.6) is 5.75 Å². The van der Waals surface area contributed by atoms with E-state index < -0.39 is 0 Å². The van der Waals surface area contributed by atoms with Crippen LogP contribution in [-0.2, 0) is 12.8 Å². The molecule has 0 fully saturated rings. The molecule has 3 rings (SSSR count). The number of H-pyrrole nitrogens is 1. The van der Waals surface area contributed by atoms with E-state index in [9.17, 15) is 9.90 Å². The van der Waals surface area contributed by atoms with Crippen molar-refractivity contribution in [2.24, 2.45) is 0 Å². The maximum Gasteiger partial charge on any atom is 0.251 e. The normalized spacial score (nSPS) is 15.0. The minimum Gasteiger partial charge on any atom is -0.506 e. The fourth-order valence-corrected chi connectivity index (χ4v) is 2.57. The Bertz CT molecular complexity index is 613. The van der Waals surface area contributed by atoms with Gasteiger partial charge >= 0.3 is 0 Å².